The highest BCUT2D eigenvalue weighted by Crippen LogP contribution is 2.29. The van der Waals surface area contributed by atoms with Crippen molar-refractivity contribution in [1.29, 1.82) is 0 Å². The van der Waals surface area contributed by atoms with Crippen molar-refractivity contribution in [2.45, 2.75) is 44.0 Å². The second-order valence-corrected chi connectivity index (χ2v) is 7.50. The summed E-state index contributed by atoms with van der Waals surface area (Å²) in [6.07, 6.45) is 2.58. The van der Waals surface area contributed by atoms with Gasteiger partial charge in [-0.05, 0) is 50.8 Å². The van der Waals surface area contributed by atoms with Crippen molar-refractivity contribution in [3.8, 4) is 0 Å². The second-order valence-electron chi connectivity index (χ2n) is 5.82. The van der Waals surface area contributed by atoms with E-state index >= 15 is 0 Å². The molecule has 0 aliphatic heterocycles. The van der Waals surface area contributed by atoms with Gasteiger partial charge >= 0.3 is 0 Å². The average molecular weight is 327 g/mol. The first-order valence-electron chi connectivity index (χ1n) is 7.24. The van der Waals surface area contributed by atoms with E-state index in [1.807, 2.05) is 0 Å². The molecular weight excluding hydrogens is 306 g/mol. The van der Waals surface area contributed by atoms with Gasteiger partial charge in [0.15, 0.2) is 0 Å². The maximum atomic E-state index is 12.6. The number of nitrogens with one attached hydrogen (secondary N) is 1. The summed E-state index contributed by atoms with van der Waals surface area (Å²) >= 11 is 0. The third kappa shape index (κ3) is 3.29. The van der Waals surface area contributed by atoms with E-state index in [0.29, 0.717) is 17.7 Å². The van der Waals surface area contributed by atoms with Crippen molar-refractivity contribution in [3.05, 3.63) is 33.4 Å². The van der Waals surface area contributed by atoms with Crippen LogP contribution in [0, 0.1) is 29.9 Å². The minimum atomic E-state index is -3.80. The van der Waals surface area contributed by atoms with Crippen LogP contribution in [0.3, 0.4) is 0 Å². The van der Waals surface area contributed by atoms with Crippen LogP contribution in [0.5, 0.6) is 0 Å². The van der Waals surface area contributed by atoms with Gasteiger partial charge in [0.25, 0.3) is 5.69 Å². The molecule has 2 atom stereocenters. The van der Waals surface area contributed by atoms with Crippen molar-refractivity contribution in [1.82, 2.24) is 4.72 Å². The minimum Gasteiger partial charge on any atom is -0.330 e. The van der Waals surface area contributed by atoms with Crippen LogP contribution < -0.4 is 10.5 Å². The van der Waals surface area contributed by atoms with Crippen molar-refractivity contribution < 1.29 is 13.3 Å². The molecular formula is C14H21N3O4S. The molecule has 0 spiro atoms. The van der Waals surface area contributed by atoms with E-state index in [4.69, 9.17) is 5.73 Å². The first kappa shape index (κ1) is 16.9. The summed E-state index contributed by atoms with van der Waals surface area (Å²) in [5.74, 6) is 0.121. The fourth-order valence-electron chi connectivity index (χ4n) is 3.04. The van der Waals surface area contributed by atoms with E-state index < -0.39 is 14.9 Å². The highest BCUT2D eigenvalue weighted by atomic mass is 32.2. The largest absolute Gasteiger partial charge is 0.330 e. The Hall–Kier alpha value is -1.51. The first-order valence-corrected chi connectivity index (χ1v) is 8.72. The lowest BCUT2D eigenvalue weighted by Gasteiger charge is -2.20. The van der Waals surface area contributed by atoms with Gasteiger partial charge < -0.3 is 5.73 Å². The van der Waals surface area contributed by atoms with Gasteiger partial charge in [0.1, 0.15) is 0 Å². The number of sulfonamides is 1. The van der Waals surface area contributed by atoms with E-state index in [1.165, 1.54) is 6.07 Å². The van der Waals surface area contributed by atoms with Gasteiger partial charge in [-0.25, -0.2) is 13.1 Å². The molecule has 1 aromatic carbocycles. The van der Waals surface area contributed by atoms with E-state index in [-0.39, 0.29) is 22.5 Å². The lowest BCUT2D eigenvalue weighted by molar-refractivity contribution is -0.385. The topological polar surface area (TPSA) is 115 Å². The number of hydrogen-bond donors (Lipinski definition) is 2. The quantitative estimate of drug-likeness (QED) is 0.630. The van der Waals surface area contributed by atoms with Crippen LogP contribution in [0.25, 0.3) is 0 Å². The van der Waals surface area contributed by atoms with Crippen LogP contribution in [0.15, 0.2) is 17.0 Å². The van der Waals surface area contributed by atoms with Gasteiger partial charge in [-0.3, -0.25) is 10.1 Å². The molecule has 0 radical (unpaired) electrons. The molecule has 0 amide bonds. The third-order valence-corrected chi connectivity index (χ3v) is 5.88. The maximum absolute atomic E-state index is 12.6. The summed E-state index contributed by atoms with van der Waals surface area (Å²) in [5.41, 5.74) is 6.43. The SMILES string of the molecule is Cc1cc(C)c(S(=O)(=O)NC2CCCC2CN)cc1[N+](=O)[O-]. The molecule has 2 rings (SSSR count). The van der Waals surface area contributed by atoms with Gasteiger partial charge in [0.05, 0.1) is 9.82 Å². The minimum absolute atomic E-state index is 0.0347. The molecule has 1 saturated carbocycles. The van der Waals surface area contributed by atoms with E-state index in [1.54, 1.807) is 13.8 Å². The molecule has 1 fully saturated rings. The van der Waals surface area contributed by atoms with Gasteiger partial charge in [0, 0.05) is 17.7 Å². The van der Waals surface area contributed by atoms with Crippen LogP contribution in [0.1, 0.15) is 30.4 Å². The number of nitrogens with two attached hydrogens (primary N) is 1. The Bertz CT molecular complexity index is 688. The molecule has 8 heteroatoms. The molecule has 1 aromatic rings. The Kier molecular flexibility index (Phi) is 4.84. The Morgan fingerprint density at radius 1 is 1.32 bits per heavy atom. The zero-order valence-electron chi connectivity index (χ0n) is 12.7. The molecule has 0 heterocycles. The fraction of sp³-hybridized carbons (Fsp3) is 0.571. The number of rotatable bonds is 5. The molecule has 22 heavy (non-hydrogen) atoms. The highest BCUT2D eigenvalue weighted by Gasteiger charge is 2.31. The van der Waals surface area contributed by atoms with Crippen molar-refractivity contribution in [2.24, 2.45) is 11.7 Å². The molecule has 2 unspecified atom stereocenters. The van der Waals surface area contributed by atoms with Gasteiger partial charge in [0.2, 0.25) is 10.0 Å². The van der Waals surface area contributed by atoms with Crippen molar-refractivity contribution >= 4 is 15.7 Å². The summed E-state index contributed by atoms with van der Waals surface area (Å²) < 4.78 is 27.8. The van der Waals surface area contributed by atoms with Crippen LogP contribution in [0.2, 0.25) is 0 Å². The van der Waals surface area contributed by atoms with Crippen molar-refractivity contribution in [3.63, 3.8) is 0 Å². The molecule has 122 valence electrons. The zero-order chi connectivity index (χ0) is 16.5. The second kappa shape index (κ2) is 6.31. The molecule has 1 aliphatic carbocycles. The number of nitro groups is 1. The molecule has 0 aromatic heterocycles. The average Bonchev–Trinajstić information content (AvgIpc) is 2.84. The lowest BCUT2D eigenvalue weighted by Crippen LogP contribution is -2.40. The van der Waals surface area contributed by atoms with E-state index in [0.717, 1.165) is 25.3 Å². The number of nitrogens with zero attached hydrogens (tertiary/aromatic N) is 1. The Balaban J connectivity index is 2.37. The Labute approximate surface area is 130 Å². The third-order valence-electron chi connectivity index (χ3n) is 4.25. The van der Waals surface area contributed by atoms with Crippen LogP contribution >= 0.6 is 0 Å². The van der Waals surface area contributed by atoms with E-state index in [9.17, 15) is 18.5 Å². The number of nitro benzene ring substituents is 1. The van der Waals surface area contributed by atoms with Crippen LogP contribution in [0.4, 0.5) is 5.69 Å². The Morgan fingerprint density at radius 2 is 2.00 bits per heavy atom. The smallest absolute Gasteiger partial charge is 0.273 e. The van der Waals surface area contributed by atoms with Crippen LogP contribution in [-0.2, 0) is 10.0 Å². The predicted molar refractivity (Wildman–Crippen MR) is 83.1 cm³/mol. The fourth-order valence-corrected chi connectivity index (χ4v) is 4.63. The van der Waals surface area contributed by atoms with Gasteiger partial charge in [-0.15, -0.1) is 0 Å². The lowest BCUT2D eigenvalue weighted by atomic mass is 10.1. The van der Waals surface area contributed by atoms with Crippen LogP contribution in [-0.4, -0.2) is 25.9 Å². The van der Waals surface area contributed by atoms with Gasteiger partial charge in [-0.2, -0.15) is 0 Å². The monoisotopic (exact) mass is 327 g/mol. The highest BCUT2D eigenvalue weighted by molar-refractivity contribution is 7.89. The number of benzene rings is 1. The maximum Gasteiger partial charge on any atom is 0.273 e. The summed E-state index contributed by atoms with van der Waals surface area (Å²) in [5, 5.41) is 11.0. The molecule has 0 saturated heterocycles. The number of aryl methyl sites for hydroxylation is 2. The summed E-state index contributed by atoms with van der Waals surface area (Å²) in [6, 6.07) is 2.47. The number of hydrogen-bond acceptors (Lipinski definition) is 5. The molecule has 0 bridgehead atoms. The standard InChI is InChI=1S/C14H21N3O4S/c1-9-6-10(2)14(7-13(9)17(18)19)22(20,21)16-12-5-3-4-11(12)8-15/h6-7,11-12,16H,3-5,8,15H2,1-2H3. The van der Waals surface area contributed by atoms with E-state index in [2.05, 4.69) is 4.72 Å². The molecule has 1 aliphatic rings. The molecule has 3 N–H and O–H groups in total. The Morgan fingerprint density at radius 3 is 2.59 bits per heavy atom. The summed E-state index contributed by atoms with van der Waals surface area (Å²) in [4.78, 5) is 10.4. The first-order chi connectivity index (χ1) is 10.3. The normalized spacial score (nSPS) is 22.0. The molecule has 7 nitrogen and oxygen atoms in total. The predicted octanol–water partition coefficient (Wildman–Crippen LogP) is 1.62. The van der Waals surface area contributed by atoms with Gasteiger partial charge in [-0.1, -0.05) is 6.42 Å². The summed E-state index contributed by atoms with van der Waals surface area (Å²) in [7, 11) is -3.80. The summed E-state index contributed by atoms with van der Waals surface area (Å²) in [6.45, 7) is 3.66. The van der Waals surface area contributed by atoms with Crippen molar-refractivity contribution in [2.75, 3.05) is 6.54 Å². The zero-order valence-corrected chi connectivity index (χ0v) is 13.5.